The zero-order valence-corrected chi connectivity index (χ0v) is 8.82. The molecule has 1 atom stereocenters. The van der Waals surface area contributed by atoms with Crippen LogP contribution in [-0.4, -0.2) is 40.2 Å². The Labute approximate surface area is 91.7 Å². The lowest BCUT2D eigenvalue weighted by Crippen LogP contribution is -2.49. The van der Waals surface area contributed by atoms with E-state index in [0.717, 1.165) is 0 Å². The first-order chi connectivity index (χ1) is 7.43. The SMILES string of the molecule is CCC1(CCNC(=O)O)NC(=O)N(N)C1=O. The molecule has 0 aliphatic carbocycles. The predicted octanol–water partition coefficient (Wildman–Crippen LogP) is -0.782. The molecule has 5 N–H and O–H groups in total. The van der Waals surface area contributed by atoms with E-state index >= 15 is 0 Å². The summed E-state index contributed by atoms with van der Waals surface area (Å²) in [6.45, 7) is 1.79. The fourth-order valence-electron chi connectivity index (χ4n) is 1.61. The molecule has 1 unspecified atom stereocenters. The highest BCUT2D eigenvalue weighted by molar-refractivity contribution is 6.06. The molecule has 0 saturated carbocycles. The van der Waals surface area contributed by atoms with E-state index in [2.05, 4.69) is 10.6 Å². The zero-order chi connectivity index (χ0) is 12.3. The van der Waals surface area contributed by atoms with E-state index < -0.39 is 23.6 Å². The van der Waals surface area contributed by atoms with Crippen molar-refractivity contribution < 1.29 is 19.5 Å². The van der Waals surface area contributed by atoms with Crippen LogP contribution in [0.4, 0.5) is 9.59 Å². The van der Waals surface area contributed by atoms with Crippen molar-refractivity contribution in [1.29, 1.82) is 0 Å². The van der Waals surface area contributed by atoms with Crippen molar-refractivity contribution in [2.24, 2.45) is 5.84 Å². The van der Waals surface area contributed by atoms with E-state index in [4.69, 9.17) is 10.9 Å². The Hall–Kier alpha value is -1.83. The predicted molar refractivity (Wildman–Crippen MR) is 53.2 cm³/mol. The Bertz CT molecular complexity index is 332. The largest absolute Gasteiger partial charge is 0.465 e. The summed E-state index contributed by atoms with van der Waals surface area (Å²) in [4.78, 5) is 33.1. The topological polar surface area (TPSA) is 125 Å². The molecule has 16 heavy (non-hydrogen) atoms. The molecule has 0 bridgehead atoms. The third kappa shape index (κ3) is 2.06. The summed E-state index contributed by atoms with van der Waals surface area (Å²) in [5, 5.41) is 13.5. The van der Waals surface area contributed by atoms with Crippen LogP contribution in [0.25, 0.3) is 0 Å². The average molecular weight is 230 g/mol. The Balaban J connectivity index is 2.68. The smallest absolute Gasteiger partial charge is 0.404 e. The quantitative estimate of drug-likeness (QED) is 0.286. The lowest BCUT2D eigenvalue weighted by molar-refractivity contribution is -0.131. The van der Waals surface area contributed by atoms with Gasteiger partial charge in [0.1, 0.15) is 5.54 Å². The molecule has 1 saturated heterocycles. The summed E-state index contributed by atoms with van der Waals surface area (Å²) in [6, 6.07) is -0.665. The van der Waals surface area contributed by atoms with Crippen LogP contribution in [0.3, 0.4) is 0 Å². The van der Waals surface area contributed by atoms with E-state index in [1.807, 2.05) is 0 Å². The lowest BCUT2D eigenvalue weighted by atomic mass is 9.92. The number of nitrogens with one attached hydrogen (secondary N) is 2. The van der Waals surface area contributed by atoms with Crippen molar-refractivity contribution in [3.63, 3.8) is 0 Å². The molecule has 0 spiro atoms. The van der Waals surface area contributed by atoms with Crippen LogP contribution in [0.1, 0.15) is 19.8 Å². The molecule has 8 nitrogen and oxygen atoms in total. The first kappa shape index (κ1) is 12.2. The maximum Gasteiger partial charge on any atom is 0.404 e. The second kappa shape index (κ2) is 4.35. The van der Waals surface area contributed by atoms with Crippen LogP contribution < -0.4 is 16.5 Å². The van der Waals surface area contributed by atoms with Crippen molar-refractivity contribution in [3.8, 4) is 0 Å². The number of carbonyl (C=O) groups is 3. The number of amides is 4. The molecule has 4 amide bonds. The van der Waals surface area contributed by atoms with E-state index in [9.17, 15) is 14.4 Å². The van der Waals surface area contributed by atoms with Crippen LogP contribution in [0.15, 0.2) is 0 Å². The number of carboxylic acid groups (broad SMARTS) is 1. The summed E-state index contributed by atoms with van der Waals surface area (Å²) in [7, 11) is 0. The molecule has 0 aromatic heterocycles. The summed E-state index contributed by atoms with van der Waals surface area (Å²) in [5.74, 6) is 4.70. The molecule has 1 heterocycles. The molecule has 1 fully saturated rings. The van der Waals surface area contributed by atoms with Gasteiger partial charge in [-0.3, -0.25) is 4.79 Å². The van der Waals surface area contributed by atoms with Crippen LogP contribution in [0.5, 0.6) is 0 Å². The van der Waals surface area contributed by atoms with E-state index in [-0.39, 0.29) is 13.0 Å². The lowest BCUT2D eigenvalue weighted by Gasteiger charge is -2.24. The van der Waals surface area contributed by atoms with Crippen molar-refractivity contribution in [2.45, 2.75) is 25.3 Å². The minimum atomic E-state index is -1.17. The van der Waals surface area contributed by atoms with Crippen LogP contribution in [0, 0.1) is 0 Å². The highest BCUT2D eigenvalue weighted by Crippen LogP contribution is 2.22. The van der Waals surface area contributed by atoms with Crippen LogP contribution >= 0.6 is 0 Å². The van der Waals surface area contributed by atoms with Gasteiger partial charge in [-0.1, -0.05) is 6.92 Å². The normalized spacial score (nSPS) is 24.5. The number of nitrogens with zero attached hydrogens (tertiary/aromatic N) is 1. The maximum atomic E-state index is 11.7. The highest BCUT2D eigenvalue weighted by Gasteiger charge is 2.48. The molecule has 8 heteroatoms. The average Bonchev–Trinajstić information content (AvgIpc) is 2.43. The van der Waals surface area contributed by atoms with Gasteiger partial charge in [-0.15, -0.1) is 0 Å². The maximum absolute atomic E-state index is 11.7. The number of urea groups is 1. The van der Waals surface area contributed by atoms with Crippen molar-refractivity contribution in [2.75, 3.05) is 6.54 Å². The Morgan fingerprint density at radius 1 is 1.62 bits per heavy atom. The molecule has 0 aromatic rings. The van der Waals surface area contributed by atoms with E-state index in [0.29, 0.717) is 11.4 Å². The molecule has 90 valence electrons. The van der Waals surface area contributed by atoms with Crippen LogP contribution in [-0.2, 0) is 4.79 Å². The molecule has 1 aliphatic rings. The zero-order valence-electron chi connectivity index (χ0n) is 8.82. The number of nitrogens with two attached hydrogens (primary N) is 1. The molecule has 1 aliphatic heterocycles. The number of hydrogen-bond acceptors (Lipinski definition) is 4. The summed E-state index contributed by atoms with van der Waals surface area (Å²) >= 11 is 0. The van der Waals surface area contributed by atoms with Crippen LogP contribution in [0.2, 0.25) is 0 Å². The number of hydrogen-bond donors (Lipinski definition) is 4. The van der Waals surface area contributed by atoms with Gasteiger partial charge < -0.3 is 15.7 Å². The monoisotopic (exact) mass is 230 g/mol. The fourth-order valence-corrected chi connectivity index (χ4v) is 1.61. The Morgan fingerprint density at radius 2 is 2.25 bits per heavy atom. The first-order valence-electron chi connectivity index (χ1n) is 4.81. The molecule has 0 radical (unpaired) electrons. The summed E-state index contributed by atoms with van der Waals surface area (Å²) < 4.78 is 0. The van der Waals surface area contributed by atoms with Crippen molar-refractivity contribution in [3.05, 3.63) is 0 Å². The van der Waals surface area contributed by atoms with Crippen molar-refractivity contribution in [1.82, 2.24) is 15.6 Å². The Kier molecular flexibility index (Phi) is 3.33. The third-order valence-electron chi connectivity index (χ3n) is 2.62. The third-order valence-corrected chi connectivity index (χ3v) is 2.62. The van der Waals surface area contributed by atoms with Gasteiger partial charge in [0.15, 0.2) is 0 Å². The van der Waals surface area contributed by atoms with E-state index in [1.54, 1.807) is 6.92 Å². The van der Waals surface area contributed by atoms with Gasteiger partial charge in [0, 0.05) is 6.54 Å². The van der Waals surface area contributed by atoms with E-state index in [1.165, 1.54) is 0 Å². The fraction of sp³-hybridized carbons (Fsp3) is 0.625. The Morgan fingerprint density at radius 3 is 2.62 bits per heavy atom. The van der Waals surface area contributed by atoms with Gasteiger partial charge in [0.05, 0.1) is 0 Å². The second-order valence-corrected chi connectivity index (χ2v) is 3.52. The second-order valence-electron chi connectivity index (χ2n) is 3.52. The number of hydrazine groups is 1. The minimum absolute atomic E-state index is 0.0725. The van der Waals surface area contributed by atoms with Gasteiger partial charge in [-0.2, -0.15) is 5.01 Å². The number of imide groups is 1. The van der Waals surface area contributed by atoms with Crippen molar-refractivity contribution >= 4 is 18.0 Å². The van der Waals surface area contributed by atoms with Gasteiger partial charge >= 0.3 is 12.1 Å². The van der Waals surface area contributed by atoms with Gasteiger partial charge in [0.2, 0.25) is 0 Å². The first-order valence-corrected chi connectivity index (χ1v) is 4.81. The van der Waals surface area contributed by atoms with Gasteiger partial charge in [-0.05, 0) is 12.8 Å². The standard InChI is InChI=1S/C8H14N4O4/c1-2-8(3-4-10-7(15)16)5(13)12(9)6(14)11-8/h10H,2-4,9H2,1H3,(H,11,14)(H,15,16). The highest BCUT2D eigenvalue weighted by atomic mass is 16.4. The molecular weight excluding hydrogens is 216 g/mol. The minimum Gasteiger partial charge on any atom is -0.465 e. The number of carbonyl (C=O) groups excluding carboxylic acids is 2. The molecular formula is C8H14N4O4. The van der Waals surface area contributed by atoms with Gasteiger partial charge in [0.25, 0.3) is 5.91 Å². The molecule has 0 aromatic carbocycles. The summed E-state index contributed by atoms with van der Waals surface area (Å²) in [5.41, 5.74) is -1.09. The molecule has 1 rings (SSSR count). The van der Waals surface area contributed by atoms with Gasteiger partial charge in [-0.25, -0.2) is 15.4 Å². The number of rotatable bonds is 4. The summed E-state index contributed by atoms with van der Waals surface area (Å²) in [6.07, 6.45) is -0.645.